The van der Waals surface area contributed by atoms with Gasteiger partial charge in [0.15, 0.2) is 0 Å². The van der Waals surface area contributed by atoms with Gasteiger partial charge in [0.05, 0.1) is 5.02 Å². The van der Waals surface area contributed by atoms with Crippen LogP contribution in [0.25, 0.3) is 0 Å². The second-order valence-electron chi connectivity index (χ2n) is 7.36. The van der Waals surface area contributed by atoms with Crippen LogP contribution in [0.5, 0.6) is 0 Å². The van der Waals surface area contributed by atoms with Gasteiger partial charge in [0, 0.05) is 31.1 Å². The Morgan fingerprint density at radius 3 is 2.34 bits per heavy atom. The van der Waals surface area contributed by atoms with Crippen LogP contribution in [0.3, 0.4) is 0 Å². The van der Waals surface area contributed by atoms with Crippen molar-refractivity contribution in [3.8, 4) is 0 Å². The molecule has 0 unspecified atom stereocenters. The van der Waals surface area contributed by atoms with Gasteiger partial charge in [0.25, 0.3) is 0 Å². The third-order valence-electron chi connectivity index (χ3n) is 5.12. The van der Waals surface area contributed by atoms with Crippen molar-refractivity contribution >= 4 is 39.1 Å². The van der Waals surface area contributed by atoms with E-state index in [-0.39, 0.29) is 27.6 Å². The third kappa shape index (κ3) is 4.91. The summed E-state index contributed by atoms with van der Waals surface area (Å²) in [6, 6.07) is 9.68. The van der Waals surface area contributed by atoms with E-state index >= 15 is 0 Å². The molecule has 0 heterocycles. The lowest BCUT2D eigenvalue weighted by Gasteiger charge is -2.22. The summed E-state index contributed by atoms with van der Waals surface area (Å²) >= 11 is 11.9. The molecule has 1 fully saturated rings. The van der Waals surface area contributed by atoms with E-state index in [4.69, 9.17) is 23.2 Å². The van der Waals surface area contributed by atoms with Gasteiger partial charge in [-0.3, -0.25) is 4.79 Å². The predicted molar refractivity (Wildman–Crippen MR) is 111 cm³/mol. The van der Waals surface area contributed by atoms with Crippen LogP contribution < -0.4 is 4.72 Å². The number of hydrogen-bond acceptors (Lipinski definition) is 3. The number of hydrogen-bond donors (Lipinski definition) is 1. The minimum absolute atomic E-state index is 0.0269. The first kappa shape index (κ1) is 22.0. The molecule has 0 saturated heterocycles. The van der Waals surface area contributed by atoms with Crippen LogP contribution in [-0.4, -0.2) is 39.4 Å². The highest BCUT2D eigenvalue weighted by atomic mass is 35.5. The van der Waals surface area contributed by atoms with Gasteiger partial charge < -0.3 is 4.90 Å². The minimum atomic E-state index is -3.90. The van der Waals surface area contributed by atoms with Crippen molar-refractivity contribution < 1.29 is 17.6 Å². The Morgan fingerprint density at radius 1 is 1.10 bits per heavy atom. The molecule has 3 rings (SSSR count). The number of benzene rings is 2. The lowest BCUT2D eigenvalue weighted by Crippen LogP contribution is -2.34. The normalized spacial score (nSPS) is 21.9. The van der Waals surface area contributed by atoms with Crippen LogP contribution in [0.2, 0.25) is 10.0 Å². The first-order chi connectivity index (χ1) is 13.6. The maximum atomic E-state index is 13.3. The van der Waals surface area contributed by atoms with Crippen molar-refractivity contribution in [2.45, 2.75) is 29.7 Å². The summed E-state index contributed by atoms with van der Waals surface area (Å²) in [6.07, 6.45) is 0.754. The van der Waals surface area contributed by atoms with Gasteiger partial charge in [-0.05, 0) is 54.7 Å². The van der Waals surface area contributed by atoms with E-state index in [0.717, 1.165) is 5.56 Å². The van der Waals surface area contributed by atoms with Crippen molar-refractivity contribution in [1.29, 1.82) is 0 Å². The molecule has 0 aromatic heterocycles. The zero-order chi connectivity index (χ0) is 21.3. The van der Waals surface area contributed by atoms with Crippen molar-refractivity contribution in [2.75, 3.05) is 14.1 Å². The molecule has 0 radical (unpaired) electrons. The van der Waals surface area contributed by atoms with Crippen LogP contribution in [0.15, 0.2) is 47.4 Å². The Kier molecular flexibility index (Phi) is 6.53. The average molecular weight is 459 g/mol. The molecule has 5 nitrogen and oxygen atoms in total. The molecular weight excluding hydrogens is 438 g/mol. The molecule has 0 spiro atoms. The van der Waals surface area contributed by atoms with E-state index in [1.54, 1.807) is 26.2 Å². The Morgan fingerprint density at radius 2 is 1.76 bits per heavy atom. The standard InChI is InChI=1S/C20H21Cl2FN2O3S/c1-25(2)20(26)17-11-15(10-16(17)12-3-6-14(23)7-4-12)24-29(27,28)19-8-5-13(21)9-18(19)22/h3-9,15-17,24H,10-11H2,1-2H3/t15-,16+,17-/m0/s1. The van der Waals surface area contributed by atoms with Crippen LogP contribution in [0.1, 0.15) is 24.3 Å². The Hall–Kier alpha value is -1.67. The van der Waals surface area contributed by atoms with Crippen LogP contribution in [0.4, 0.5) is 4.39 Å². The number of halogens is 3. The molecule has 9 heteroatoms. The Labute approximate surface area is 179 Å². The van der Waals surface area contributed by atoms with Crippen molar-refractivity contribution in [3.63, 3.8) is 0 Å². The molecule has 2 aromatic carbocycles. The number of carbonyl (C=O) groups is 1. The zero-order valence-electron chi connectivity index (χ0n) is 15.9. The molecular formula is C20H21Cl2FN2O3S. The van der Waals surface area contributed by atoms with E-state index < -0.39 is 22.0 Å². The molecule has 156 valence electrons. The molecule has 0 bridgehead atoms. The summed E-state index contributed by atoms with van der Waals surface area (Å²) in [6.45, 7) is 0. The fourth-order valence-electron chi connectivity index (χ4n) is 3.79. The highest BCUT2D eigenvalue weighted by Crippen LogP contribution is 2.41. The summed E-state index contributed by atoms with van der Waals surface area (Å²) in [4.78, 5) is 14.1. The molecule has 1 saturated carbocycles. The molecule has 2 aromatic rings. The van der Waals surface area contributed by atoms with Crippen LogP contribution >= 0.6 is 23.2 Å². The smallest absolute Gasteiger partial charge is 0.242 e. The number of amides is 1. The summed E-state index contributed by atoms with van der Waals surface area (Å²) < 4.78 is 41.7. The fraction of sp³-hybridized carbons (Fsp3) is 0.350. The number of rotatable bonds is 5. The number of nitrogens with zero attached hydrogens (tertiary/aromatic N) is 1. The lowest BCUT2D eigenvalue weighted by atomic mass is 9.88. The van der Waals surface area contributed by atoms with Gasteiger partial charge >= 0.3 is 0 Å². The third-order valence-corrected chi connectivity index (χ3v) is 7.36. The first-order valence-corrected chi connectivity index (χ1v) is 11.3. The van der Waals surface area contributed by atoms with E-state index in [0.29, 0.717) is 17.9 Å². The van der Waals surface area contributed by atoms with Gasteiger partial charge in [0.1, 0.15) is 10.7 Å². The summed E-state index contributed by atoms with van der Waals surface area (Å²) in [5.74, 6) is -1.09. The monoisotopic (exact) mass is 458 g/mol. The van der Waals surface area contributed by atoms with Gasteiger partial charge in [-0.2, -0.15) is 0 Å². The van der Waals surface area contributed by atoms with E-state index in [9.17, 15) is 17.6 Å². The van der Waals surface area contributed by atoms with E-state index in [1.165, 1.54) is 35.2 Å². The summed E-state index contributed by atoms with van der Waals surface area (Å²) in [5, 5.41) is 0.363. The largest absolute Gasteiger partial charge is 0.349 e. The quantitative estimate of drug-likeness (QED) is 0.734. The predicted octanol–water partition coefficient (Wildman–Crippen LogP) is 4.06. The maximum Gasteiger partial charge on any atom is 0.242 e. The van der Waals surface area contributed by atoms with Crippen LogP contribution in [-0.2, 0) is 14.8 Å². The Balaban J connectivity index is 1.87. The van der Waals surface area contributed by atoms with Crippen LogP contribution in [0, 0.1) is 11.7 Å². The van der Waals surface area contributed by atoms with Gasteiger partial charge in [-0.1, -0.05) is 35.3 Å². The van der Waals surface area contributed by atoms with Gasteiger partial charge in [0.2, 0.25) is 15.9 Å². The highest BCUT2D eigenvalue weighted by molar-refractivity contribution is 7.89. The molecule has 1 amide bonds. The number of sulfonamides is 1. The lowest BCUT2D eigenvalue weighted by molar-refractivity contribution is -0.133. The van der Waals surface area contributed by atoms with E-state index in [2.05, 4.69) is 4.72 Å². The summed E-state index contributed by atoms with van der Waals surface area (Å²) in [5.41, 5.74) is 0.804. The topological polar surface area (TPSA) is 66.5 Å². The SMILES string of the molecule is CN(C)C(=O)[C@H]1C[C@@H](NS(=O)(=O)c2ccc(Cl)cc2Cl)C[C@@H]1c1ccc(F)cc1. The van der Waals surface area contributed by atoms with Gasteiger partial charge in [-0.15, -0.1) is 0 Å². The van der Waals surface area contributed by atoms with Crippen molar-refractivity contribution in [3.05, 3.63) is 63.9 Å². The van der Waals surface area contributed by atoms with Gasteiger partial charge in [-0.25, -0.2) is 17.5 Å². The number of carbonyl (C=O) groups excluding carboxylic acids is 1. The average Bonchev–Trinajstić information content (AvgIpc) is 3.04. The molecule has 3 atom stereocenters. The molecule has 29 heavy (non-hydrogen) atoms. The highest BCUT2D eigenvalue weighted by Gasteiger charge is 2.41. The molecule has 1 aliphatic rings. The maximum absolute atomic E-state index is 13.3. The molecule has 0 aliphatic heterocycles. The van der Waals surface area contributed by atoms with E-state index in [1.807, 2.05) is 0 Å². The van der Waals surface area contributed by atoms with Crippen molar-refractivity contribution in [2.24, 2.45) is 5.92 Å². The summed E-state index contributed by atoms with van der Waals surface area (Å²) in [7, 11) is -0.575. The molecule has 1 aliphatic carbocycles. The second-order valence-corrected chi connectivity index (χ2v) is 9.89. The first-order valence-electron chi connectivity index (χ1n) is 9.02. The minimum Gasteiger partial charge on any atom is -0.349 e. The Bertz CT molecular complexity index is 1010. The fourth-order valence-corrected chi connectivity index (χ4v) is 5.83. The second kappa shape index (κ2) is 8.60. The van der Waals surface area contributed by atoms with Crippen molar-refractivity contribution in [1.82, 2.24) is 9.62 Å². The number of nitrogens with one attached hydrogen (secondary N) is 1. The molecule has 1 N–H and O–H groups in total. The zero-order valence-corrected chi connectivity index (χ0v) is 18.2.